The van der Waals surface area contributed by atoms with Gasteiger partial charge >= 0.3 is 71.1 Å². The standard InChI is InChI=1S/C47H73NO17.C4H10O6S4.2Na/c1-27-17-15-13-11-9-7-5-6-8-10-12-14-16-18-34(64-46-44(58)41(48)43(57)30(4)63-46)24-38-40(45(59)60)37(54)26-47(61,65-38)25-33(51)22-36(53)35(52)20-19-31(49)21-32(50)23-39(55)62-29(3)28(2)42(27)56;5-13(6,7)3-1-11-12-2-4-14(8,9)10;;/h5-18,27-38,40-44,46,49-54,56-58,61H,19-26,48H2,1-4H3,(H,59,60);1-4H2,(H,5,6,7)(H,8,9,10);;/q;;2*+1/p-2/b6-5+,9-7+,10-8+,13-11+,14-12+,17-15+,18-16+;;;/t27-,28-,29-,30+,31+,32+,33-,34-,35+,36+,37-,38-,40+,41-,42+,43+,44-,46-,47+;;;/m0.../s1. The molecule has 3 aliphatic heterocycles. The van der Waals surface area contributed by atoms with Gasteiger partial charge in [-0.3, -0.25) is 9.59 Å². The van der Waals surface area contributed by atoms with Crippen molar-refractivity contribution >= 4 is 53.8 Å². The van der Waals surface area contributed by atoms with E-state index in [1.807, 2.05) is 19.1 Å². The van der Waals surface area contributed by atoms with Gasteiger partial charge in [0.05, 0.1) is 99.8 Å². The van der Waals surface area contributed by atoms with Crippen molar-refractivity contribution in [2.24, 2.45) is 23.5 Å². The molecule has 81 heavy (non-hydrogen) atoms. The smallest absolute Gasteiger partial charge is 0.748 e. The maximum atomic E-state index is 12.6. The van der Waals surface area contributed by atoms with E-state index in [2.05, 4.69) is 0 Å². The van der Waals surface area contributed by atoms with Crippen LogP contribution in [-0.2, 0) is 48.8 Å². The molecule has 24 nitrogen and oxygen atoms in total. The third-order valence-electron chi connectivity index (χ3n) is 12.9. The number of carboxylic acids is 1. The van der Waals surface area contributed by atoms with Crippen LogP contribution < -0.4 is 64.8 Å². The molecule has 19 atom stereocenters. The van der Waals surface area contributed by atoms with Crippen molar-refractivity contribution in [3.05, 3.63) is 85.1 Å². The average Bonchev–Trinajstić information content (AvgIpc) is 3.33. The summed E-state index contributed by atoms with van der Waals surface area (Å²) in [6.07, 6.45) is 3.46. The van der Waals surface area contributed by atoms with E-state index in [-0.39, 0.29) is 102 Å². The molecular weight excluding hydrogens is 1170 g/mol. The number of carbonyl (C=O) groups excluding carboxylic acids is 1. The van der Waals surface area contributed by atoms with E-state index in [0.717, 1.165) is 21.6 Å². The minimum Gasteiger partial charge on any atom is -0.748 e. The van der Waals surface area contributed by atoms with Crippen LogP contribution in [-0.4, -0.2) is 215 Å². The number of carboxylic acid groups (broad SMARTS) is 1. The first-order valence-electron chi connectivity index (χ1n) is 25.6. The number of rotatable bonds is 10. The second-order valence-corrected chi connectivity index (χ2v) is 25.5. The van der Waals surface area contributed by atoms with Gasteiger partial charge in [0.25, 0.3) is 0 Å². The topological polar surface area (TPSA) is 434 Å². The average molecular weight is 1250 g/mol. The monoisotopic (exact) mass is 1250 g/mol. The summed E-state index contributed by atoms with van der Waals surface area (Å²) in [5.41, 5.74) is 6.02. The second kappa shape index (κ2) is 40.5. The van der Waals surface area contributed by atoms with E-state index in [1.54, 1.807) is 80.7 Å². The van der Waals surface area contributed by atoms with Crippen LogP contribution in [0.15, 0.2) is 85.1 Å². The van der Waals surface area contributed by atoms with E-state index in [9.17, 15) is 91.7 Å². The van der Waals surface area contributed by atoms with Crippen molar-refractivity contribution in [2.75, 3.05) is 23.0 Å². The molecule has 30 heteroatoms. The number of fused-ring (bicyclic) bond motifs is 2. The Bertz CT molecular complexity index is 2240. The summed E-state index contributed by atoms with van der Waals surface area (Å²) in [6.45, 7) is 6.74. The summed E-state index contributed by atoms with van der Waals surface area (Å²) in [6, 6.07) is -1.15. The SMILES string of the molecule is C[C@@H]1[C@H](O)[C@@H](C)/C=C/C=C/C=C/C=C/C=C/C=C/C=C/[C@H](O[C@@H]2O[C@H](C)[C@@H](O)[C@H](N)[C@@H]2O)C[C@@H]2O[C@](O)(C[C@@H](O)C[C@@H](O)[C@H](O)CC[C@@H](O)C[C@@H](O)CC(=O)O[C@H]1C)C[C@H](O)[C@H]2C(=O)O.O=S(=O)([O-])CCSSCCS(=O)(=O)[O-].[Na+].[Na+]. The molecule has 0 aromatic carbocycles. The van der Waals surface area contributed by atoms with Crippen LogP contribution in [0.3, 0.4) is 0 Å². The first-order chi connectivity index (χ1) is 36.8. The Hall–Kier alpha value is -0.920. The molecule has 0 spiro atoms. The molecule has 3 rings (SSSR count). The van der Waals surface area contributed by atoms with Gasteiger partial charge in [-0.25, -0.2) is 16.8 Å². The van der Waals surface area contributed by atoms with E-state index >= 15 is 0 Å². The van der Waals surface area contributed by atoms with Crippen LogP contribution in [0.2, 0.25) is 0 Å². The van der Waals surface area contributed by atoms with Gasteiger partial charge in [0, 0.05) is 60.5 Å². The number of carbonyl (C=O) groups is 2. The molecule has 2 saturated heterocycles. The summed E-state index contributed by atoms with van der Waals surface area (Å²) in [5, 5.41) is 118. The molecule has 0 aromatic rings. The molecule has 3 heterocycles. The summed E-state index contributed by atoms with van der Waals surface area (Å²) < 4.78 is 83.7. The number of aliphatic carboxylic acids is 1. The quantitative estimate of drug-likeness (QED) is 0.0319. The minimum absolute atomic E-state index is 0. The van der Waals surface area contributed by atoms with Gasteiger partial charge in [0.15, 0.2) is 12.1 Å². The zero-order valence-corrected chi connectivity index (χ0v) is 53.8. The number of esters is 1. The van der Waals surface area contributed by atoms with E-state index in [1.165, 1.54) is 13.0 Å². The fraction of sp³-hybridized carbons (Fsp3) is 0.686. The molecule has 0 aliphatic carbocycles. The van der Waals surface area contributed by atoms with Gasteiger partial charge in [0.1, 0.15) is 18.1 Å². The predicted molar refractivity (Wildman–Crippen MR) is 291 cm³/mol. The van der Waals surface area contributed by atoms with Crippen molar-refractivity contribution in [3.63, 3.8) is 0 Å². The molecule has 13 N–H and O–H groups in total. The Morgan fingerprint density at radius 1 is 0.667 bits per heavy atom. The number of aliphatic hydroxyl groups is 10. The molecule has 3 aliphatic rings. The molecular formula is C51H81NNa2O23S4. The van der Waals surface area contributed by atoms with Gasteiger partial charge in [-0.15, -0.1) is 0 Å². The number of nitrogens with two attached hydrogens (primary N) is 1. The number of ether oxygens (including phenoxy) is 4. The zero-order chi connectivity index (χ0) is 59.7. The molecule has 0 aromatic heterocycles. The van der Waals surface area contributed by atoms with Crippen molar-refractivity contribution in [3.8, 4) is 0 Å². The molecule has 0 radical (unpaired) electrons. The van der Waals surface area contributed by atoms with Crippen LogP contribution >= 0.6 is 21.6 Å². The maximum absolute atomic E-state index is 12.6. The summed E-state index contributed by atoms with van der Waals surface area (Å²) >= 11 is 0. The summed E-state index contributed by atoms with van der Waals surface area (Å²) in [4.78, 5) is 25.1. The zero-order valence-electron chi connectivity index (χ0n) is 46.5. The number of allylic oxidation sites excluding steroid dienone is 12. The number of cyclic esters (lactones) is 1. The van der Waals surface area contributed by atoms with Crippen molar-refractivity contribution in [1.82, 2.24) is 0 Å². The van der Waals surface area contributed by atoms with Gasteiger partial charge in [-0.2, -0.15) is 0 Å². The third kappa shape index (κ3) is 33.1. The van der Waals surface area contributed by atoms with Crippen LogP contribution in [0.25, 0.3) is 0 Å². The molecule has 0 amide bonds. The number of hydrogen-bond acceptors (Lipinski definition) is 25. The summed E-state index contributed by atoms with van der Waals surface area (Å²) in [5.74, 6) is -7.63. The van der Waals surface area contributed by atoms with Crippen LogP contribution in [0.5, 0.6) is 0 Å². The molecule has 0 unspecified atom stereocenters. The van der Waals surface area contributed by atoms with E-state index < -0.39 is 179 Å². The van der Waals surface area contributed by atoms with Crippen LogP contribution in [0.4, 0.5) is 0 Å². The Balaban J connectivity index is 0.00000351. The van der Waals surface area contributed by atoms with Crippen LogP contribution in [0.1, 0.15) is 79.1 Å². The molecule has 454 valence electrons. The Kier molecular flexibility index (Phi) is 40.1. The van der Waals surface area contributed by atoms with E-state index in [0.29, 0.717) is 0 Å². The molecule has 2 fully saturated rings. The van der Waals surface area contributed by atoms with Crippen molar-refractivity contribution < 1.29 is 170 Å². The molecule has 2 bridgehead atoms. The second-order valence-electron chi connectivity index (χ2n) is 19.7. The minimum atomic E-state index is -4.20. The van der Waals surface area contributed by atoms with Crippen molar-refractivity contribution in [2.45, 2.75) is 177 Å². The van der Waals surface area contributed by atoms with Gasteiger partial charge in [0.2, 0.25) is 0 Å². The Labute approximate surface area is 527 Å². The Morgan fingerprint density at radius 3 is 1.68 bits per heavy atom. The largest absolute Gasteiger partial charge is 1.00 e. The fourth-order valence-corrected chi connectivity index (χ4v) is 12.7. The van der Waals surface area contributed by atoms with Gasteiger partial charge in [-0.1, -0.05) is 120 Å². The van der Waals surface area contributed by atoms with Crippen LogP contribution in [0, 0.1) is 17.8 Å². The normalized spacial score (nSPS) is 38.8. The Morgan fingerprint density at radius 2 is 1.17 bits per heavy atom. The van der Waals surface area contributed by atoms with Crippen molar-refractivity contribution in [1.29, 1.82) is 0 Å². The molecule has 0 saturated carbocycles. The van der Waals surface area contributed by atoms with Gasteiger partial charge in [-0.05, 0) is 33.1 Å². The van der Waals surface area contributed by atoms with Gasteiger partial charge < -0.3 is 90.0 Å². The fourth-order valence-electron chi connectivity index (χ4n) is 8.36. The first kappa shape index (κ1) is 80.1. The van der Waals surface area contributed by atoms with E-state index in [4.69, 9.17) is 24.7 Å². The summed E-state index contributed by atoms with van der Waals surface area (Å²) in [7, 11) is -6.30. The first-order valence-corrected chi connectivity index (χ1v) is 31.3. The number of aliphatic hydroxyl groups excluding tert-OH is 9. The number of hydrogen-bond donors (Lipinski definition) is 12. The third-order valence-corrected chi connectivity index (χ3v) is 17.3. The predicted octanol–water partition coefficient (Wildman–Crippen LogP) is -5.82. The maximum Gasteiger partial charge on any atom is 1.00 e.